The first-order valence-electron chi connectivity index (χ1n) is 7.42. The Hall–Kier alpha value is -2.27. The highest BCUT2D eigenvalue weighted by Gasteiger charge is 2.12. The fraction of sp³-hybridized carbons (Fsp3) is 0.316. The smallest absolute Gasteiger partial charge is 0.125 e. The maximum absolute atomic E-state index is 8.98. The first-order valence-corrected chi connectivity index (χ1v) is 7.42. The summed E-state index contributed by atoms with van der Waals surface area (Å²) in [5, 5.41) is 8.98. The topological polar surface area (TPSA) is 33.0 Å². The van der Waals surface area contributed by atoms with Crippen LogP contribution in [-0.4, -0.2) is 0 Å². The van der Waals surface area contributed by atoms with E-state index in [0.717, 1.165) is 16.9 Å². The molecule has 0 N–H and O–H groups in total. The number of fused-ring (bicyclic) bond motifs is 1. The third-order valence-corrected chi connectivity index (χ3v) is 4.14. The molecule has 2 aromatic carbocycles. The Morgan fingerprint density at radius 2 is 1.76 bits per heavy atom. The second-order valence-corrected chi connectivity index (χ2v) is 5.80. The molecule has 0 aliphatic heterocycles. The van der Waals surface area contributed by atoms with Crippen LogP contribution in [0.2, 0.25) is 0 Å². The Morgan fingerprint density at radius 3 is 2.48 bits per heavy atom. The van der Waals surface area contributed by atoms with Gasteiger partial charge in [-0.1, -0.05) is 18.2 Å². The maximum Gasteiger partial charge on any atom is 0.125 e. The lowest BCUT2D eigenvalue weighted by atomic mass is 10.1. The summed E-state index contributed by atoms with van der Waals surface area (Å²) in [4.78, 5) is 0. The van der Waals surface area contributed by atoms with Crippen LogP contribution < -0.4 is 4.74 Å². The standard InChI is InChI=1S/C19H19NO/c1-13-8-16(11-20)9-14(2)19(13)21-12-15-6-7-17-4-3-5-18(17)10-15/h6-10H,3-5,12H2,1-2H3. The number of benzene rings is 2. The van der Waals surface area contributed by atoms with Gasteiger partial charge in [-0.15, -0.1) is 0 Å². The molecule has 0 saturated carbocycles. The van der Waals surface area contributed by atoms with Gasteiger partial charge in [-0.25, -0.2) is 0 Å². The number of nitrogens with zero attached hydrogens (tertiary/aromatic N) is 1. The minimum absolute atomic E-state index is 0.584. The molecular weight excluding hydrogens is 258 g/mol. The molecule has 0 radical (unpaired) electrons. The SMILES string of the molecule is Cc1cc(C#N)cc(C)c1OCc1ccc2c(c1)CCC2. The van der Waals surface area contributed by atoms with Gasteiger partial charge in [0.25, 0.3) is 0 Å². The van der Waals surface area contributed by atoms with Crippen molar-refractivity contribution in [1.29, 1.82) is 5.26 Å². The molecule has 2 nitrogen and oxygen atoms in total. The summed E-state index contributed by atoms with van der Waals surface area (Å²) in [7, 11) is 0. The van der Waals surface area contributed by atoms with Crippen molar-refractivity contribution in [2.75, 3.05) is 0 Å². The second-order valence-electron chi connectivity index (χ2n) is 5.80. The monoisotopic (exact) mass is 277 g/mol. The Balaban J connectivity index is 1.78. The third-order valence-electron chi connectivity index (χ3n) is 4.14. The van der Waals surface area contributed by atoms with Crippen LogP contribution in [-0.2, 0) is 19.4 Å². The molecule has 0 spiro atoms. The van der Waals surface area contributed by atoms with Gasteiger partial charge in [-0.2, -0.15) is 5.26 Å². The summed E-state index contributed by atoms with van der Waals surface area (Å²) in [5.41, 5.74) is 6.92. The number of rotatable bonds is 3. The van der Waals surface area contributed by atoms with E-state index in [2.05, 4.69) is 24.3 Å². The minimum Gasteiger partial charge on any atom is -0.488 e. The lowest BCUT2D eigenvalue weighted by Crippen LogP contribution is -2.00. The van der Waals surface area contributed by atoms with E-state index in [9.17, 15) is 0 Å². The van der Waals surface area contributed by atoms with E-state index in [-0.39, 0.29) is 0 Å². The van der Waals surface area contributed by atoms with E-state index in [1.54, 1.807) is 0 Å². The van der Waals surface area contributed by atoms with Crippen LogP contribution in [0.5, 0.6) is 5.75 Å². The fourth-order valence-corrected chi connectivity index (χ4v) is 3.11. The van der Waals surface area contributed by atoms with Crippen molar-refractivity contribution < 1.29 is 4.74 Å². The number of ether oxygens (including phenoxy) is 1. The molecule has 2 heteroatoms. The van der Waals surface area contributed by atoms with Gasteiger partial charge in [0, 0.05) is 0 Å². The summed E-state index contributed by atoms with van der Waals surface area (Å²) >= 11 is 0. The predicted octanol–water partition coefficient (Wildman–Crippen LogP) is 4.24. The molecule has 2 aromatic rings. The first-order chi connectivity index (χ1) is 10.2. The second kappa shape index (κ2) is 5.61. The van der Waals surface area contributed by atoms with Crippen molar-refractivity contribution >= 4 is 0 Å². The summed E-state index contributed by atoms with van der Waals surface area (Å²) in [6.45, 7) is 4.57. The van der Waals surface area contributed by atoms with E-state index in [0.29, 0.717) is 12.2 Å². The highest BCUT2D eigenvalue weighted by Crippen LogP contribution is 2.27. The van der Waals surface area contributed by atoms with E-state index < -0.39 is 0 Å². The molecule has 1 aliphatic carbocycles. The lowest BCUT2D eigenvalue weighted by molar-refractivity contribution is 0.302. The molecular formula is C19H19NO. The molecule has 21 heavy (non-hydrogen) atoms. The van der Waals surface area contributed by atoms with Crippen LogP contribution in [0.1, 0.15) is 39.8 Å². The van der Waals surface area contributed by atoms with Crippen LogP contribution in [0.3, 0.4) is 0 Å². The van der Waals surface area contributed by atoms with Gasteiger partial charge in [-0.05, 0) is 73.1 Å². The molecule has 0 aromatic heterocycles. The zero-order chi connectivity index (χ0) is 14.8. The summed E-state index contributed by atoms with van der Waals surface area (Å²) in [5.74, 6) is 0.898. The summed E-state index contributed by atoms with van der Waals surface area (Å²) < 4.78 is 6.00. The summed E-state index contributed by atoms with van der Waals surface area (Å²) in [6.07, 6.45) is 3.68. The van der Waals surface area contributed by atoms with Crippen LogP contribution in [0, 0.1) is 25.2 Å². The molecule has 0 saturated heterocycles. The van der Waals surface area contributed by atoms with Crippen molar-refractivity contribution in [3.8, 4) is 11.8 Å². The number of hydrogen-bond acceptors (Lipinski definition) is 2. The van der Waals surface area contributed by atoms with E-state index in [1.165, 1.54) is 36.0 Å². The van der Waals surface area contributed by atoms with Gasteiger partial charge in [-0.3, -0.25) is 0 Å². The highest BCUT2D eigenvalue weighted by molar-refractivity contribution is 5.47. The van der Waals surface area contributed by atoms with Crippen LogP contribution in [0.15, 0.2) is 30.3 Å². The predicted molar refractivity (Wildman–Crippen MR) is 83.4 cm³/mol. The fourth-order valence-electron chi connectivity index (χ4n) is 3.11. The molecule has 106 valence electrons. The Labute approximate surface area is 126 Å². The third kappa shape index (κ3) is 2.78. The zero-order valence-electron chi connectivity index (χ0n) is 12.6. The van der Waals surface area contributed by atoms with Crippen molar-refractivity contribution in [2.24, 2.45) is 0 Å². The normalized spacial score (nSPS) is 12.8. The van der Waals surface area contributed by atoms with Gasteiger partial charge in [0.2, 0.25) is 0 Å². The van der Waals surface area contributed by atoms with Gasteiger partial charge in [0.05, 0.1) is 11.6 Å². The van der Waals surface area contributed by atoms with Crippen molar-refractivity contribution in [2.45, 2.75) is 39.7 Å². The van der Waals surface area contributed by atoms with Gasteiger partial charge >= 0.3 is 0 Å². The van der Waals surface area contributed by atoms with E-state index in [4.69, 9.17) is 10.00 Å². The first kappa shape index (κ1) is 13.7. The van der Waals surface area contributed by atoms with Crippen LogP contribution in [0.25, 0.3) is 0 Å². The Kier molecular flexibility index (Phi) is 3.66. The highest BCUT2D eigenvalue weighted by atomic mass is 16.5. The van der Waals surface area contributed by atoms with Crippen molar-refractivity contribution in [3.63, 3.8) is 0 Å². The zero-order valence-corrected chi connectivity index (χ0v) is 12.6. The number of nitriles is 1. The Bertz CT molecular complexity index is 702. The molecule has 0 bridgehead atoms. The average Bonchev–Trinajstić information content (AvgIpc) is 2.93. The van der Waals surface area contributed by atoms with E-state index in [1.807, 2.05) is 26.0 Å². The van der Waals surface area contributed by atoms with Crippen LogP contribution >= 0.6 is 0 Å². The summed E-state index contributed by atoms with van der Waals surface area (Å²) in [6, 6.07) is 12.6. The molecule has 0 unspecified atom stereocenters. The average molecular weight is 277 g/mol. The molecule has 0 atom stereocenters. The molecule has 1 aliphatic rings. The lowest BCUT2D eigenvalue weighted by Gasteiger charge is -2.13. The van der Waals surface area contributed by atoms with Crippen molar-refractivity contribution in [1.82, 2.24) is 0 Å². The minimum atomic E-state index is 0.584. The largest absolute Gasteiger partial charge is 0.488 e. The molecule has 0 fully saturated rings. The Morgan fingerprint density at radius 1 is 1.05 bits per heavy atom. The molecule has 0 heterocycles. The maximum atomic E-state index is 8.98. The molecule has 3 rings (SSSR count). The van der Waals surface area contributed by atoms with Gasteiger partial charge in [0.15, 0.2) is 0 Å². The van der Waals surface area contributed by atoms with E-state index >= 15 is 0 Å². The van der Waals surface area contributed by atoms with Gasteiger partial charge < -0.3 is 4.74 Å². The number of aryl methyl sites for hydroxylation is 4. The quantitative estimate of drug-likeness (QED) is 0.840. The van der Waals surface area contributed by atoms with Crippen LogP contribution in [0.4, 0.5) is 0 Å². The molecule has 0 amide bonds. The van der Waals surface area contributed by atoms with Gasteiger partial charge in [0.1, 0.15) is 12.4 Å². The number of hydrogen-bond donors (Lipinski definition) is 0. The van der Waals surface area contributed by atoms with Crippen molar-refractivity contribution in [3.05, 3.63) is 63.7 Å².